The largest absolute Gasteiger partial charge is 0.361 e. The van der Waals surface area contributed by atoms with Crippen LogP contribution in [0, 0.1) is 6.92 Å². The van der Waals surface area contributed by atoms with Crippen molar-refractivity contribution in [3.05, 3.63) is 44.2 Å². The predicted molar refractivity (Wildman–Crippen MR) is 83.2 cm³/mol. The molecule has 112 valence electrons. The zero-order chi connectivity index (χ0) is 15.6. The van der Waals surface area contributed by atoms with Gasteiger partial charge in [0.25, 0.3) is 5.91 Å². The Kier molecular flexibility index (Phi) is 4.98. The third-order valence-corrected chi connectivity index (χ3v) is 3.62. The molecule has 2 aromatic rings. The highest BCUT2D eigenvalue weighted by Gasteiger charge is 2.19. The Morgan fingerprint density at radius 3 is 2.48 bits per heavy atom. The number of hydrogen-bond acceptors (Lipinski definition) is 4. The molecule has 0 aliphatic carbocycles. The molecule has 1 heterocycles. The van der Waals surface area contributed by atoms with Crippen LogP contribution < -0.4 is 10.9 Å². The number of hydrazine groups is 1. The number of aryl methyl sites for hydroxylation is 2. The molecular weight excluding hydrogens is 337 g/mol. The summed E-state index contributed by atoms with van der Waals surface area (Å²) in [5.74, 6) is 0.0622. The second-order valence-corrected chi connectivity index (χ2v) is 5.49. The van der Waals surface area contributed by atoms with E-state index in [1.54, 1.807) is 6.92 Å². The number of amides is 1. The Labute approximate surface area is 136 Å². The van der Waals surface area contributed by atoms with Gasteiger partial charge >= 0.3 is 0 Å². The number of nitrogens with one attached hydrogen (secondary N) is 2. The summed E-state index contributed by atoms with van der Waals surface area (Å²) in [5, 5.41) is 4.82. The SMILES string of the molecule is CCc1noc(C)c1C(=O)NNc1c(Cl)cc(Cl)cc1Cl. The summed E-state index contributed by atoms with van der Waals surface area (Å²) in [7, 11) is 0. The van der Waals surface area contributed by atoms with Gasteiger partial charge in [-0.2, -0.15) is 0 Å². The number of nitrogens with zero attached hydrogens (tertiary/aromatic N) is 1. The molecule has 0 saturated heterocycles. The summed E-state index contributed by atoms with van der Waals surface area (Å²) in [6, 6.07) is 3.04. The first-order chi connectivity index (χ1) is 9.93. The Balaban J connectivity index is 2.17. The van der Waals surface area contributed by atoms with E-state index in [4.69, 9.17) is 39.3 Å². The molecule has 2 rings (SSSR count). The quantitative estimate of drug-likeness (QED) is 0.810. The van der Waals surface area contributed by atoms with E-state index in [2.05, 4.69) is 16.0 Å². The third-order valence-electron chi connectivity index (χ3n) is 2.80. The molecular formula is C13H12Cl3N3O2. The Morgan fingerprint density at radius 1 is 1.29 bits per heavy atom. The van der Waals surface area contributed by atoms with Crippen molar-refractivity contribution in [2.24, 2.45) is 0 Å². The molecule has 1 aromatic carbocycles. The maximum Gasteiger partial charge on any atom is 0.275 e. The fourth-order valence-electron chi connectivity index (χ4n) is 1.79. The second kappa shape index (κ2) is 6.56. The molecule has 0 saturated carbocycles. The highest BCUT2D eigenvalue weighted by atomic mass is 35.5. The van der Waals surface area contributed by atoms with Crippen LogP contribution in [0.2, 0.25) is 15.1 Å². The number of carbonyl (C=O) groups is 1. The molecule has 0 fully saturated rings. The Hall–Kier alpha value is -1.43. The van der Waals surface area contributed by atoms with Crippen LogP contribution in [-0.2, 0) is 6.42 Å². The molecule has 8 heteroatoms. The smallest absolute Gasteiger partial charge is 0.275 e. The van der Waals surface area contributed by atoms with Gasteiger partial charge in [-0.1, -0.05) is 46.9 Å². The molecule has 0 aliphatic heterocycles. The van der Waals surface area contributed by atoms with Crippen LogP contribution in [0.3, 0.4) is 0 Å². The average Bonchev–Trinajstić information content (AvgIpc) is 2.78. The summed E-state index contributed by atoms with van der Waals surface area (Å²) in [6.07, 6.45) is 0.586. The lowest BCUT2D eigenvalue weighted by Gasteiger charge is -2.12. The lowest BCUT2D eigenvalue weighted by molar-refractivity contribution is 0.0960. The van der Waals surface area contributed by atoms with Gasteiger partial charge in [-0.3, -0.25) is 15.6 Å². The zero-order valence-electron chi connectivity index (χ0n) is 11.3. The molecule has 0 atom stereocenters. The topological polar surface area (TPSA) is 67.2 Å². The number of halogens is 3. The van der Waals surface area contributed by atoms with Gasteiger partial charge in [0, 0.05) is 5.02 Å². The zero-order valence-corrected chi connectivity index (χ0v) is 13.5. The van der Waals surface area contributed by atoms with Crippen molar-refractivity contribution in [2.45, 2.75) is 20.3 Å². The van der Waals surface area contributed by atoms with Gasteiger partial charge in [-0.25, -0.2) is 0 Å². The minimum atomic E-state index is -0.382. The van der Waals surface area contributed by atoms with E-state index >= 15 is 0 Å². The van der Waals surface area contributed by atoms with Crippen LogP contribution in [0.15, 0.2) is 16.7 Å². The van der Waals surface area contributed by atoms with Crippen LogP contribution in [0.4, 0.5) is 5.69 Å². The molecule has 1 amide bonds. The van der Waals surface area contributed by atoms with Gasteiger partial charge in [-0.15, -0.1) is 0 Å². The van der Waals surface area contributed by atoms with E-state index < -0.39 is 0 Å². The fourth-order valence-corrected chi connectivity index (χ4v) is 2.71. The first-order valence-electron chi connectivity index (χ1n) is 6.10. The number of anilines is 1. The first-order valence-corrected chi connectivity index (χ1v) is 7.23. The van der Waals surface area contributed by atoms with Crippen LogP contribution in [0.25, 0.3) is 0 Å². The van der Waals surface area contributed by atoms with E-state index in [0.29, 0.717) is 44.2 Å². The summed E-state index contributed by atoms with van der Waals surface area (Å²) in [6.45, 7) is 3.55. The number of benzene rings is 1. The lowest BCUT2D eigenvalue weighted by atomic mass is 10.1. The summed E-state index contributed by atoms with van der Waals surface area (Å²) in [5.41, 5.74) is 6.54. The minimum absolute atomic E-state index is 0.297. The summed E-state index contributed by atoms with van der Waals surface area (Å²) in [4.78, 5) is 12.2. The van der Waals surface area contributed by atoms with Gasteiger partial charge in [0.05, 0.1) is 21.4 Å². The van der Waals surface area contributed by atoms with E-state index in [0.717, 1.165) is 0 Å². The minimum Gasteiger partial charge on any atom is -0.361 e. The normalized spacial score (nSPS) is 10.5. The predicted octanol–water partition coefficient (Wildman–Crippen LogP) is 4.26. The highest BCUT2D eigenvalue weighted by Crippen LogP contribution is 2.33. The standard InChI is InChI=1S/C13H12Cl3N3O2/c1-3-10-11(6(2)21-19-10)13(20)18-17-12-8(15)4-7(14)5-9(12)16/h4-5,17H,3H2,1-2H3,(H,18,20). The van der Waals surface area contributed by atoms with Crippen molar-refractivity contribution in [3.63, 3.8) is 0 Å². The maximum absolute atomic E-state index is 12.2. The summed E-state index contributed by atoms with van der Waals surface area (Å²) >= 11 is 17.9. The van der Waals surface area contributed by atoms with E-state index in [1.165, 1.54) is 12.1 Å². The van der Waals surface area contributed by atoms with Crippen molar-refractivity contribution in [2.75, 3.05) is 5.43 Å². The molecule has 0 aliphatic rings. The number of carbonyl (C=O) groups excluding carboxylic acids is 1. The first kappa shape index (κ1) is 15.9. The lowest BCUT2D eigenvalue weighted by Crippen LogP contribution is -2.30. The van der Waals surface area contributed by atoms with Crippen LogP contribution >= 0.6 is 34.8 Å². The Morgan fingerprint density at radius 2 is 1.90 bits per heavy atom. The van der Waals surface area contributed by atoms with Crippen LogP contribution in [0.1, 0.15) is 28.7 Å². The molecule has 2 N–H and O–H groups in total. The van der Waals surface area contributed by atoms with Crippen molar-refractivity contribution < 1.29 is 9.32 Å². The molecule has 5 nitrogen and oxygen atoms in total. The molecule has 1 aromatic heterocycles. The number of aromatic nitrogens is 1. The van der Waals surface area contributed by atoms with E-state index in [-0.39, 0.29) is 5.91 Å². The Bertz CT molecular complexity index is 662. The van der Waals surface area contributed by atoms with E-state index in [1.807, 2.05) is 6.92 Å². The van der Waals surface area contributed by atoms with Crippen molar-refractivity contribution >= 4 is 46.4 Å². The molecule has 21 heavy (non-hydrogen) atoms. The van der Waals surface area contributed by atoms with Gasteiger partial charge in [0.2, 0.25) is 0 Å². The van der Waals surface area contributed by atoms with Crippen molar-refractivity contribution in [1.29, 1.82) is 0 Å². The van der Waals surface area contributed by atoms with E-state index in [9.17, 15) is 4.79 Å². The van der Waals surface area contributed by atoms with Gasteiger partial charge < -0.3 is 4.52 Å². The van der Waals surface area contributed by atoms with Gasteiger partial charge in [-0.05, 0) is 25.5 Å². The molecule has 0 radical (unpaired) electrons. The van der Waals surface area contributed by atoms with Crippen molar-refractivity contribution in [1.82, 2.24) is 10.6 Å². The van der Waals surface area contributed by atoms with Crippen molar-refractivity contribution in [3.8, 4) is 0 Å². The maximum atomic E-state index is 12.2. The number of hydrogen-bond donors (Lipinski definition) is 2. The number of rotatable bonds is 4. The third kappa shape index (κ3) is 3.43. The average molecular weight is 349 g/mol. The molecule has 0 bridgehead atoms. The van der Waals surface area contributed by atoms with Crippen LogP contribution in [0.5, 0.6) is 0 Å². The molecule has 0 unspecified atom stereocenters. The highest BCUT2D eigenvalue weighted by molar-refractivity contribution is 6.41. The van der Waals surface area contributed by atoms with Gasteiger partial charge in [0.15, 0.2) is 0 Å². The fraction of sp³-hybridized carbons (Fsp3) is 0.231. The molecule has 0 spiro atoms. The monoisotopic (exact) mass is 347 g/mol. The second-order valence-electron chi connectivity index (χ2n) is 4.24. The van der Waals surface area contributed by atoms with Gasteiger partial charge in [0.1, 0.15) is 11.3 Å². The summed E-state index contributed by atoms with van der Waals surface area (Å²) < 4.78 is 5.01. The van der Waals surface area contributed by atoms with Crippen LogP contribution in [-0.4, -0.2) is 11.1 Å².